The second kappa shape index (κ2) is 4.94. The smallest absolute Gasteiger partial charge is 0.462 e. The van der Waals surface area contributed by atoms with Crippen LogP contribution in [-0.2, 0) is 4.74 Å². The molecule has 0 heterocycles. The maximum absolute atomic E-state index is 12.0. The molecule has 1 aromatic carbocycles. The topological polar surface area (TPSA) is 61.5 Å². The molecule has 1 rings (SSSR count). The van der Waals surface area contributed by atoms with Gasteiger partial charge < -0.3 is 15.2 Å². The van der Waals surface area contributed by atoms with Crippen LogP contribution in [0.4, 0.5) is 18.9 Å². The van der Waals surface area contributed by atoms with Gasteiger partial charge in [0, 0.05) is 5.69 Å². The fourth-order valence-corrected chi connectivity index (χ4v) is 1.12. The molecule has 0 aliphatic carbocycles. The molecule has 0 spiro atoms. The van der Waals surface area contributed by atoms with E-state index in [-0.39, 0.29) is 17.9 Å². The number of ether oxygens (including phenoxy) is 2. The van der Waals surface area contributed by atoms with Gasteiger partial charge in [0.05, 0.1) is 12.2 Å². The van der Waals surface area contributed by atoms with Crippen molar-refractivity contribution < 1.29 is 27.4 Å². The first-order valence-corrected chi connectivity index (χ1v) is 4.66. The van der Waals surface area contributed by atoms with Crippen molar-refractivity contribution in [2.24, 2.45) is 0 Å². The van der Waals surface area contributed by atoms with E-state index in [1.807, 2.05) is 0 Å². The minimum Gasteiger partial charge on any atom is -0.462 e. The van der Waals surface area contributed by atoms with Crippen molar-refractivity contribution >= 4 is 11.7 Å². The van der Waals surface area contributed by atoms with Crippen LogP contribution in [-0.4, -0.2) is 18.9 Å². The van der Waals surface area contributed by atoms with E-state index in [1.54, 1.807) is 6.92 Å². The number of carbonyl (C=O) groups is 1. The number of esters is 1. The van der Waals surface area contributed by atoms with Crippen LogP contribution in [0.3, 0.4) is 0 Å². The van der Waals surface area contributed by atoms with E-state index in [1.165, 1.54) is 0 Å². The highest BCUT2D eigenvalue weighted by molar-refractivity contribution is 5.95. The first-order valence-electron chi connectivity index (χ1n) is 4.66. The highest BCUT2D eigenvalue weighted by Crippen LogP contribution is 2.26. The van der Waals surface area contributed by atoms with Crippen LogP contribution >= 0.6 is 0 Å². The van der Waals surface area contributed by atoms with Gasteiger partial charge >= 0.3 is 12.3 Å². The minimum absolute atomic E-state index is 0.0259. The Morgan fingerprint density at radius 3 is 2.59 bits per heavy atom. The summed E-state index contributed by atoms with van der Waals surface area (Å²) < 4.78 is 44.2. The molecule has 0 aromatic heterocycles. The molecule has 1 aromatic rings. The largest absolute Gasteiger partial charge is 0.573 e. The number of hydrogen-bond acceptors (Lipinski definition) is 4. The second-order valence-corrected chi connectivity index (χ2v) is 3.02. The van der Waals surface area contributed by atoms with Gasteiger partial charge in [-0.2, -0.15) is 0 Å². The standard InChI is InChI=1S/C10H10F3NO3/c1-2-16-9(15)7-5-6(3-4-8(7)14)17-10(11,12)13/h3-5H,2,14H2,1H3. The number of nitrogens with two attached hydrogens (primary N) is 1. The number of nitrogen functional groups attached to an aromatic ring is 1. The molecule has 0 saturated carbocycles. The number of hydrogen-bond donors (Lipinski definition) is 1. The lowest BCUT2D eigenvalue weighted by Gasteiger charge is -2.11. The summed E-state index contributed by atoms with van der Waals surface area (Å²) in [7, 11) is 0. The van der Waals surface area contributed by atoms with Crippen molar-refractivity contribution in [1.29, 1.82) is 0 Å². The summed E-state index contributed by atoms with van der Waals surface area (Å²) in [5.41, 5.74) is 5.31. The van der Waals surface area contributed by atoms with Crippen molar-refractivity contribution in [3.63, 3.8) is 0 Å². The van der Waals surface area contributed by atoms with Crippen LogP contribution in [0.2, 0.25) is 0 Å². The quantitative estimate of drug-likeness (QED) is 0.659. The van der Waals surface area contributed by atoms with Crippen molar-refractivity contribution in [1.82, 2.24) is 0 Å². The predicted octanol–water partition coefficient (Wildman–Crippen LogP) is 2.34. The summed E-state index contributed by atoms with van der Waals surface area (Å²) in [6.07, 6.45) is -4.82. The van der Waals surface area contributed by atoms with Crippen molar-refractivity contribution in [2.75, 3.05) is 12.3 Å². The number of halogens is 3. The molecule has 0 radical (unpaired) electrons. The number of benzene rings is 1. The maximum Gasteiger partial charge on any atom is 0.573 e. The van der Waals surface area contributed by atoms with Crippen molar-refractivity contribution in [2.45, 2.75) is 13.3 Å². The second-order valence-electron chi connectivity index (χ2n) is 3.02. The fourth-order valence-electron chi connectivity index (χ4n) is 1.12. The third-order valence-corrected chi connectivity index (χ3v) is 1.75. The Balaban J connectivity index is 2.98. The van der Waals surface area contributed by atoms with Crippen molar-refractivity contribution in [3.05, 3.63) is 23.8 Å². The van der Waals surface area contributed by atoms with Crippen molar-refractivity contribution in [3.8, 4) is 5.75 Å². The first-order chi connectivity index (χ1) is 7.83. The lowest BCUT2D eigenvalue weighted by atomic mass is 10.2. The zero-order valence-electron chi connectivity index (χ0n) is 8.88. The highest BCUT2D eigenvalue weighted by Gasteiger charge is 2.31. The third kappa shape index (κ3) is 3.86. The van der Waals surface area contributed by atoms with Gasteiger partial charge in [-0.15, -0.1) is 13.2 Å². The van der Waals surface area contributed by atoms with Crippen LogP contribution in [0.1, 0.15) is 17.3 Å². The van der Waals surface area contributed by atoms with Gasteiger partial charge in [-0.3, -0.25) is 0 Å². The number of carbonyl (C=O) groups excluding carboxylic acids is 1. The lowest BCUT2D eigenvalue weighted by molar-refractivity contribution is -0.274. The summed E-state index contributed by atoms with van der Waals surface area (Å²) in [6.45, 7) is 1.67. The Morgan fingerprint density at radius 2 is 2.06 bits per heavy atom. The van der Waals surface area contributed by atoms with Gasteiger partial charge in [-0.1, -0.05) is 0 Å². The number of alkyl halides is 3. The van der Waals surface area contributed by atoms with Gasteiger partial charge in [0.15, 0.2) is 0 Å². The van der Waals surface area contributed by atoms with Gasteiger partial charge in [0.25, 0.3) is 0 Å². The van der Waals surface area contributed by atoms with Crippen LogP contribution in [0.15, 0.2) is 18.2 Å². The monoisotopic (exact) mass is 249 g/mol. The molecule has 0 fully saturated rings. The molecule has 17 heavy (non-hydrogen) atoms. The van der Waals surface area contributed by atoms with E-state index in [4.69, 9.17) is 5.73 Å². The Labute approximate surface area is 95.1 Å². The van der Waals surface area contributed by atoms with Crippen LogP contribution in [0, 0.1) is 0 Å². The Kier molecular flexibility index (Phi) is 3.82. The Morgan fingerprint density at radius 1 is 1.41 bits per heavy atom. The van der Waals surface area contributed by atoms with Gasteiger partial charge in [-0.05, 0) is 25.1 Å². The van der Waals surface area contributed by atoms with E-state index >= 15 is 0 Å². The molecule has 7 heteroatoms. The summed E-state index contributed by atoms with van der Waals surface area (Å²) in [4.78, 5) is 11.3. The highest BCUT2D eigenvalue weighted by atomic mass is 19.4. The van der Waals surface area contributed by atoms with Crippen LogP contribution in [0.25, 0.3) is 0 Å². The molecule has 0 bridgehead atoms. The fraction of sp³-hybridized carbons (Fsp3) is 0.300. The van der Waals surface area contributed by atoms with Crippen LogP contribution < -0.4 is 10.5 Å². The molecular formula is C10H10F3NO3. The number of anilines is 1. The van der Waals surface area contributed by atoms with E-state index in [9.17, 15) is 18.0 Å². The zero-order chi connectivity index (χ0) is 13.1. The third-order valence-electron chi connectivity index (χ3n) is 1.75. The van der Waals surface area contributed by atoms with E-state index in [2.05, 4.69) is 9.47 Å². The zero-order valence-corrected chi connectivity index (χ0v) is 8.88. The molecule has 0 amide bonds. The van der Waals surface area contributed by atoms with Gasteiger partial charge in [0.1, 0.15) is 5.75 Å². The molecule has 0 saturated heterocycles. The average molecular weight is 249 g/mol. The van der Waals surface area contributed by atoms with Gasteiger partial charge in [-0.25, -0.2) is 4.79 Å². The molecule has 4 nitrogen and oxygen atoms in total. The van der Waals surface area contributed by atoms with Crippen LogP contribution in [0.5, 0.6) is 5.75 Å². The van der Waals surface area contributed by atoms with Gasteiger partial charge in [0.2, 0.25) is 0 Å². The molecular weight excluding hydrogens is 239 g/mol. The number of rotatable bonds is 3. The SMILES string of the molecule is CCOC(=O)c1cc(OC(F)(F)F)ccc1N. The normalized spacial score (nSPS) is 11.1. The Hall–Kier alpha value is -1.92. The first kappa shape index (κ1) is 13.1. The summed E-state index contributed by atoms with van der Waals surface area (Å²) in [5.74, 6) is -1.31. The lowest BCUT2D eigenvalue weighted by Crippen LogP contribution is -2.18. The van der Waals surface area contributed by atoms with E-state index < -0.39 is 18.1 Å². The Bertz CT molecular complexity index is 418. The molecule has 0 aliphatic rings. The van der Waals surface area contributed by atoms with E-state index in [0.29, 0.717) is 0 Å². The minimum atomic E-state index is -4.82. The molecule has 94 valence electrons. The molecule has 2 N–H and O–H groups in total. The molecule has 0 atom stereocenters. The molecule has 0 unspecified atom stereocenters. The average Bonchev–Trinajstić information content (AvgIpc) is 2.19. The predicted molar refractivity (Wildman–Crippen MR) is 53.5 cm³/mol. The summed E-state index contributed by atoms with van der Waals surface area (Å²) in [6, 6.07) is 3.06. The summed E-state index contributed by atoms with van der Waals surface area (Å²) in [5, 5.41) is 0. The maximum atomic E-state index is 12.0. The van der Waals surface area contributed by atoms with E-state index in [0.717, 1.165) is 18.2 Å². The summed E-state index contributed by atoms with van der Waals surface area (Å²) >= 11 is 0. The molecule has 0 aliphatic heterocycles.